The maximum Gasteiger partial charge on any atom is 0.124 e. The Morgan fingerprint density at radius 2 is 2.17 bits per heavy atom. The molecule has 96 valence electrons. The minimum Gasteiger partial charge on any atom is -0.494 e. The van der Waals surface area contributed by atoms with Gasteiger partial charge in [-0.1, -0.05) is 18.2 Å². The van der Waals surface area contributed by atoms with Crippen molar-refractivity contribution in [2.45, 2.75) is 26.3 Å². The van der Waals surface area contributed by atoms with Gasteiger partial charge < -0.3 is 10.5 Å². The highest BCUT2D eigenvalue weighted by atomic mass is 32.1. The molecule has 0 saturated carbocycles. The third-order valence-electron chi connectivity index (χ3n) is 2.68. The van der Waals surface area contributed by atoms with Crippen LogP contribution < -0.4 is 10.5 Å². The Morgan fingerprint density at radius 3 is 2.83 bits per heavy atom. The van der Waals surface area contributed by atoms with Gasteiger partial charge in [0.1, 0.15) is 5.75 Å². The summed E-state index contributed by atoms with van der Waals surface area (Å²) in [6.45, 7) is 4.69. The zero-order valence-corrected chi connectivity index (χ0v) is 11.5. The number of para-hydroxylation sites is 1. The van der Waals surface area contributed by atoms with E-state index in [0.717, 1.165) is 22.7 Å². The van der Waals surface area contributed by atoms with Crippen LogP contribution in [-0.2, 0) is 6.42 Å². The summed E-state index contributed by atoms with van der Waals surface area (Å²) in [7, 11) is 0. The van der Waals surface area contributed by atoms with Crippen LogP contribution in [0.5, 0.6) is 5.75 Å². The number of hydrogen-bond donors (Lipinski definition) is 1. The third-order valence-corrected chi connectivity index (χ3v) is 3.62. The lowest BCUT2D eigenvalue weighted by Gasteiger charge is -2.15. The topological polar surface area (TPSA) is 48.1 Å². The van der Waals surface area contributed by atoms with Crippen molar-refractivity contribution in [3.8, 4) is 5.75 Å². The number of rotatable bonds is 5. The molecule has 0 fully saturated rings. The average molecular weight is 262 g/mol. The molecule has 3 nitrogen and oxygen atoms in total. The second-order valence-electron chi connectivity index (χ2n) is 4.15. The van der Waals surface area contributed by atoms with Crippen molar-refractivity contribution in [2.75, 3.05) is 6.61 Å². The van der Waals surface area contributed by atoms with Gasteiger partial charge in [0, 0.05) is 29.1 Å². The number of aromatic nitrogens is 1. The molecule has 4 heteroatoms. The Kier molecular flexibility index (Phi) is 4.33. The van der Waals surface area contributed by atoms with Gasteiger partial charge in [-0.15, -0.1) is 11.3 Å². The molecule has 2 N–H and O–H groups in total. The molecule has 1 aromatic heterocycles. The maximum absolute atomic E-state index is 6.25. The molecule has 0 aliphatic rings. The van der Waals surface area contributed by atoms with Crippen LogP contribution in [0.3, 0.4) is 0 Å². The maximum atomic E-state index is 6.25. The molecule has 0 aliphatic heterocycles. The van der Waals surface area contributed by atoms with Gasteiger partial charge in [0.2, 0.25) is 0 Å². The Morgan fingerprint density at radius 1 is 1.39 bits per heavy atom. The van der Waals surface area contributed by atoms with Gasteiger partial charge in [-0.05, 0) is 19.9 Å². The van der Waals surface area contributed by atoms with Gasteiger partial charge in [-0.2, -0.15) is 0 Å². The van der Waals surface area contributed by atoms with Crippen LogP contribution in [0.1, 0.15) is 28.4 Å². The van der Waals surface area contributed by atoms with E-state index in [-0.39, 0.29) is 6.04 Å². The Bertz CT molecular complexity index is 510. The summed E-state index contributed by atoms with van der Waals surface area (Å²) >= 11 is 1.70. The molecule has 2 rings (SSSR count). The number of thiazole rings is 1. The fourth-order valence-corrected chi connectivity index (χ4v) is 2.71. The fraction of sp³-hybridized carbons (Fsp3) is 0.357. The van der Waals surface area contributed by atoms with Gasteiger partial charge >= 0.3 is 0 Å². The lowest BCUT2D eigenvalue weighted by atomic mass is 10.0. The molecule has 1 atom stereocenters. The number of hydrogen-bond acceptors (Lipinski definition) is 4. The first-order valence-electron chi connectivity index (χ1n) is 6.09. The summed E-state index contributed by atoms with van der Waals surface area (Å²) in [6.07, 6.45) is 2.64. The van der Waals surface area contributed by atoms with E-state index in [1.54, 1.807) is 11.3 Å². The molecule has 1 unspecified atom stereocenters. The highest BCUT2D eigenvalue weighted by molar-refractivity contribution is 7.11. The van der Waals surface area contributed by atoms with Crippen molar-refractivity contribution < 1.29 is 4.74 Å². The summed E-state index contributed by atoms with van der Waals surface area (Å²) in [6, 6.07) is 7.87. The molecule has 0 amide bonds. The van der Waals surface area contributed by atoms with Crippen molar-refractivity contribution in [3.05, 3.63) is 45.9 Å². The first-order chi connectivity index (χ1) is 8.70. The van der Waals surface area contributed by atoms with Crippen LogP contribution in [0, 0.1) is 6.92 Å². The molecule has 0 saturated heterocycles. The highest BCUT2D eigenvalue weighted by Crippen LogP contribution is 2.27. The molecular formula is C14H18N2OS. The number of benzene rings is 1. The van der Waals surface area contributed by atoms with Crippen molar-refractivity contribution in [2.24, 2.45) is 5.73 Å². The van der Waals surface area contributed by atoms with Crippen molar-refractivity contribution >= 4 is 11.3 Å². The van der Waals surface area contributed by atoms with E-state index >= 15 is 0 Å². The van der Waals surface area contributed by atoms with Gasteiger partial charge in [-0.3, -0.25) is 0 Å². The van der Waals surface area contributed by atoms with Crippen molar-refractivity contribution in [1.82, 2.24) is 4.98 Å². The second kappa shape index (κ2) is 5.98. The van der Waals surface area contributed by atoms with E-state index in [1.165, 1.54) is 4.88 Å². The minimum atomic E-state index is -0.0710. The van der Waals surface area contributed by atoms with E-state index < -0.39 is 0 Å². The molecule has 1 heterocycles. The standard InChI is InChI=1S/C14H18N2OS/c1-3-17-13-7-5-4-6-11(13)12(15)8-14-16-9-10(2)18-14/h4-7,9,12H,3,8,15H2,1-2H3. The summed E-state index contributed by atoms with van der Waals surface area (Å²) in [5.74, 6) is 0.876. The molecule has 0 radical (unpaired) electrons. The predicted octanol–water partition coefficient (Wildman–Crippen LogP) is 3.09. The van der Waals surface area contributed by atoms with Gasteiger partial charge in [0.15, 0.2) is 0 Å². The third kappa shape index (κ3) is 3.09. The first kappa shape index (κ1) is 13.1. The number of ether oxygens (including phenoxy) is 1. The van der Waals surface area contributed by atoms with Crippen molar-refractivity contribution in [3.63, 3.8) is 0 Å². The van der Waals surface area contributed by atoms with Gasteiger partial charge in [0.25, 0.3) is 0 Å². The van der Waals surface area contributed by atoms with Crippen molar-refractivity contribution in [1.29, 1.82) is 0 Å². The lowest BCUT2D eigenvalue weighted by molar-refractivity contribution is 0.334. The van der Waals surface area contributed by atoms with E-state index in [1.807, 2.05) is 37.4 Å². The summed E-state index contributed by atoms with van der Waals surface area (Å²) in [5, 5.41) is 1.08. The summed E-state index contributed by atoms with van der Waals surface area (Å²) in [5.41, 5.74) is 7.30. The van der Waals surface area contributed by atoms with Crippen LogP contribution in [0.4, 0.5) is 0 Å². The van der Waals surface area contributed by atoms with Gasteiger partial charge in [0.05, 0.1) is 11.6 Å². The highest BCUT2D eigenvalue weighted by Gasteiger charge is 2.13. The lowest BCUT2D eigenvalue weighted by Crippen LogP contribution is -2.14. The Balaban J connectivity index is 2.15. The first-order valence-corrected chi connectivity index (χ1v) is 6.91. The largest absolute Gasteiger partial charge is 0.494 e. The summed E-state index contributed by atoms with van der Waals surface area (Å²) in [4.78, 5) is 5.57. The number of aryl methyl sites for hydroxylation is 1. The van der Waals surface area contributed by atoms with E-state index in [9.17, 15) is 0 Å². The molecule has 2 aromatic rings. The average Bonchev–Trinajstić information content (AvgIpc) is 2.76. The van der Waals surface area contributed by atoms with Crippen LogP contribution in [-0.4, -0.2) is 11.6 Å². The molecule has 0 spiro atoms. The minimum absolute atomic E-state index is 0.0710. The second-order valence-corrected chi connectivity index (χ2v) is 5.47. The molecular weight excluding hydrogens is 244 g/mol. The molecule has 0 aliphatic carbocycles. The summed E-state index contributed by atoms with van der Waals surface area (Å²) < 4.78 is 5.60. The smallest absolute Gasteiger partial charge is 0.124 e. The zero-order valence-electron chi connectivity index (χ0n) is 10.7. The normalized spacial score (nSPS) is 12.4. The van der Waals surface area contributed by atoms with E-state index in [4.69, 9.17) is 10.5 Å². The van der Waals surface area contributed by atoms with Gasteiger partial charge in [-0.25, -0.2) is 4.98 Å². The fourth-order valence-electron chi connectivity index (χ4n) is 1.87. The van der Waals surface area contributed by atoms with Crippen LogP contribution >= 0.6 is 11.3 Å². The quantitative estimate of drug-likeness (QED) is 0.900. The zero-order chi connectivity index (χ0) is 13.0. The number of nitrogens with zero attached hydrogens (tertiary/aromatic N) is 1. The van der Waals surface area contributed by atoms with Crippen LogP contribution in [0.25, 0.3) is 0 Å². The van der Waals surface area contributed by atoms with Crippen LogP contribution in [0.2, 0.25) is 0 Å². The molecule has 18 heavy (non-hydrogen) atoms. The predicted molar refractivity (Wildman–Crippen MR) is 75.1 cm³/mol. The van der Waals surface area contributed by atoms with E-state index in [0.29, 0.717) is 6.61 Å². The number of nitrogens with two attached hydrogens (primary N) is 1. The van der Waals surface area contributed by atoms with E-state index in [2.05, 4.69) is 11.9 Å². The molecule has 0 bridgehead atoms. The SMILES string of the molecule is CCOc1ccccc1C(N)Cc1ncc(C)s1. The molecule has 1 aromatic carbocycles. The Labute approximate surface area is 112 Å². The van der Waals surface area contributed by atoms with Crippen LogP contribution in [0.15, 0.2) is 30.5 Å². The monoisotopic (exact) mass is 262 g/mol. The Hall–Kier alpha value is -1.39.